The zero-order valence-electron chi connectivity index (χ0n) is 16.6. The first kappa shape index (κ1) is 21.1. The molecule has 1 heterocycles. The van der Waals surface area contributed by atoms with Gasteiger partial charge in [0.05, 0.1) is 17.7 Å². The van der Waals surface area contributed by atoms with E-state index in [4.69, 9.17) is 4.74 Å². The summed E-state index contributed by atoms with van der Waals surface area (Å²) in [7, 11) is 0. The van der Waals surface area contributed by atoms with Crippen molar-refractivity contribution >= 4 is 10.9 Å². The zero-order valence-corrected chi connectivity index (χ0v) is 16.6. The number of pyridine rings is 1. The molecule has 0 aliphatic rings. The molecule has 0 radical (unpaired) electrons. The Balaban J connectivity index is 2.00. The molecule has 3 rings (SSSR count). The highest BCUT2D eigenvalue weighted by molar-refractivity contribution is 5.94. The predicted octanol–water partition coefficient (Wildman–Crippen LogP) is 7.12. The molecule has 0 saturated heterocycles. The molecule has 154 valence electrons. The van der Waals surface area contributed by atoms with E-state index in [-0.39, 0.29) is 18.3 Å². The van der Waals surface area contributed by atoms with Crippen molar-refractivity contribution in [3.05, 3.63) is 60.0 Å². The molecule has 2 aromatic carbocycles. The van der Waals surface area contributed by atoms with Gasteiger partial charge < -0.3 is 4.74 Å². The van der Waals surface area contributed by atoms with Gasteiger partial charge >= 0.3 is 6.18 Å². The molecule has 0 N–H and O–H groups in total. The Morgan fingerprint density at radius 2 is 1.76 bits per heavy atom. The standard InChI is InChI=1S/C23H23F4NO/c1-14(2)10-15(3)13-29-22-7-4-16(11-20(22)23(25,26)27)18-8-9-28-21-6-5-17(24)12-19(18)21/h4-9,11-12,14-15H,10,13H2,1-3H3. The van der Waals surface area contributed by atoms with Crippen LogP contribution in [0.25, 0.3) is 22.0 Å². The fourth-order valence-corrected chi connectivity index (χ4v) is 3.52. The van der Waals surface area contributed by atoms with Crippen LogP contribution in [0.2, 0.25) is 0 Å². The highest BCUT2D eigenvalue weighted by atomic mass is 19.4. The molecule has 3 aromatic rings. The third-order valence-electron chi connectivity index (χ3n) is 4.70. The van der Waals surface area contributed by atoms with Gasteiger partial charge in [0.2, 0.25) is 0 Å². The van der Waals surface area contributed by atoms with E-state index in [1.54, 1.807) is 12.1 Å². The molecular formula is C23H23F4NO. The van der Waals surface area contributed by atoms with E-state index in [2.05, 4.69) is 18.8 Å². The van der Waals surface area contributed by atoms with Gasteiger partial charge in [-0.2, -0.15) is 13.2 Å². The van der Waals surface area contributed by atoms with Gasteiger partial charge in [0.25, 0.3) is 0 Å². The Morgan fingerprint density at radius 3 is 2.45 bits per heavy atom. The maximum absolute atomic E-state index is 13.7. The number of rotatable bonds is 6. The van der Waals surface area contributed by atoms with Crippen LogP contribution in [0, 0.1) is 17.7 Å². The van der Waals surface area contributed by atoms with Gasteiger partial charge in [-0.1, -0.05) is 26.8 Å². The topological polar surface area (TPSA) is 22.1 Å². The summed E-state index contributed by atoms with van der Waals surface area (Å²) in [4.78, 5) is 4.16. The van der Waals surface area contributed by atoms with Crippen molar-refractivity contribution in [3.8, 4) is 16.9 Å². The SMILES string of the molecule is CC(C)CC(C)COc1ccc(-c2ccnc3ccc(F)cc23)cc1C(F)(F)F. The van der Waals surface area contributed by atoms with Crippen LogP contribution in [0.1, 0.15) is 32.8 Å². The average Bonchev–Trinajstić information content (AvgIpc) is 2.64. The number of alkyl halides is 3. The average molecular weight is 405 g/mol. The smallest absolute Gasteiger partial charge is 0.419 e. The molecule has 0 bridgehead atoms. The maximum atomic E-state index is 13.7. The predicted molar refractivity (Wildman–Crippen MR) is 106 cm³/mol. The van der Waals surface area contributed by atoms with Crippen molar-refractivity contribution in [2.24, 2.45) is 11.8 Å². The van der Waals surface area contributed by atoms with Crippen LogP contribution in [0.5, 0.6) is 5.75 Å². The van der Waals surface area contributed by atoms with Crippen molar-refractivity contribution < 1.29 is 22.3 Å². The zero-order chi connectivity index (χ0) is 21.2. The summed E-state index contributed by atoms with van der Waals surface area (Å²) in [6.07, 6.45) is -2.20. The molecule has 29 heavy (non-hydrogen) atoms. The van der Waals surface area contributed by atoms with E-state index in [9.17, 15) is 17.6 Å². The van der Waals surface area contributed by atoms with Crippen LogP contribution in [0.15, 0.2) is 48.7 Å². The first-order valence-electron chi connectivity index (χ1n) is 9.54. The summed E-state index contributed by atoms with van der Waals surface area (Å²) in [5.41, 5.74) is 0.492. The molecule has 0 aliphatic carbocycles. The van der Waals surface area contributed by atoms with Gasteiger partial charge in [0, 0.05) is 11.6 Å². The summed E-state index contributed by atoms with van der Waals surface area (Å²) in [5, 5.41) is 0.458. The first-order chi connectivity index (χ1) is 13.6. The summed E-state index contributed by atoms with van der Waals surface area (Å²) >= 11 is 0. The van der Waals surface area contributed by atoms with Crippen LogP contribution in [-0.4, -0.2) is 11.6 Å². The monoisotopic (exact) mass is 405 g/mol. The van der Waals surface area contributed by atoms with E-state index < -0.39 is 17.6 Å². The second kappa shape index (κ2) is 8.39. The Bertz CT molecular complexity index is 998. The van der Waals surface area contributed by atoms with Crippen molar-refractivity contribution in [1.82, 2.24) is 4.98 Å². The third kappa shape index (κ3) is 5.05. The molecular weight excluding hydrogens is 382 g/mol. The van der Waals surface area contributed by atoms with Crippen molar-refractivity contribution in [2.75, 3.05) is 6.61 Å². The lowest BCUT2D eigenvalue weighted by Gasteiger charge is -2.19. The Kier molecular flexibility index (Phi) is 6.10. The minimum atomic E-state index is -4.57. The third-order valence-corrected chi connectivity index (χ3v) is 4.70. The van der Waals surface area contributed by atoms with Gasteiger partial charge in [-0.05, 0) is 65.8 Å². The number of hydrogen-bond acceptors (Lipinski definition) is 2. The number of hydrogen-bond donors (Lipinski definition) is 0. The summed E-state index contributed by atoms with van der Waals surface area (Å²) in [6.45, 7) is 6.30. The number of halogens is 4. The van der Waals surface area contributed by atoms with E-state index in [0.717, 1.165) is 12.5 Å². The second-order valence-corrected chi connectivity index (χ2v) is 7.77. The van der Waals surface area contributed by atoms with Gasteiger partial charge in [-0.15, -0.1) is 0 Å². The van der Waals surface area contributed by atoms with Gasteiger partial charge in [0.15, 0.2) is 0 Å². The van der Waals surface area contributed by atoms with Crippen molar-refractivity contribution in [1.29, 1.82) is 0 Å². The Morgan fingerprint density at radius 1 is 1.00 bits per heavy atom. The lowest BCUT2D eigenvalue weighted by atomic mass is 9.98. The van der Waals surface area contributed by atoms with Crippen LogP contribution in [0.4, 0.5) is 17.6 Å². The number of aromatic nitrogens is 1. The fourth-order valence-electron chi connectivity index (χ4n) is 3.52. The first-order valence-corrected chi connectivity index (χ1v) is 9.54. The highest BCUT2D eigenvalue weighted by Crippen LogP contribution is 2.40. The lowest BCUT2D eigenvalue weighted by Crippen LogP contribution is -2.14. The molecule has 1 atom stereocenters. The molecule has 0 aliphatic heterocycles. The van der Waals surface area contributed by atoms with Gasteiger partial charge in [-0.25, -0.2) is 4.39 Å². The molecule has 0 amide bonds. The summed E-state index contributed by atoms with van der Waals surface area (Å²) < 4.78 is 60.3. The molecule has 2 nitrogen and oxygen atoms in total. The molecule has 0 fully saturated rings. The van der Waals surface area contributed by atoms with E-state index in [1.165, 1.54) is 30.5 Å². The van der Waals surface area contributed by atoms with E-state index in [0.29, 0.717) is 27.9 Å². The number of ether oxygens (including phenoxy) is 1. The maximum Gasteiger partial charge on any atom is 0.419 e. The molecule has 1 aromatic heterocycles. The molecule has 0 saturated carbocycles. The van der Waals surface area contributed by atoms with E-state index in [1.807, 2.05) is 6.92 Å². The van der Waals surface area contributed by atoms with Crippen LogP contribution < -0.4 is 4.74 Å². The minimum Gasteiger partial charge on any atom is -0.493 e. The number of benzene rings is 2. The van der Waals surface area contributed by atoms with Crippen LogP contribution in [-0.2, 0) is 6.18 Å². The second-order valence-electron chi connectivity index (χ2n) is 7.77. The number of fused-ring (bicyclic) bond motifs is 1. The largest absolute Gasteiger partial charge is 0.493 e. The summed E-state index contributed by atoms with van der Waals surface area (Å²) in [5.74, 6) is -0.0791. The molecule has 6 heteroatoms. The van der Waals surface area contributed by atoms with Gasteiger partial charge in [-0.3, -0.25) is 4.98 Å². The lowest BCUT2D eigenvalue weighted by molar-refractivity contribution is -0.139. The molecule has 0 spiro atoms. The van der Waals surface area contributed by atoms with Crippen LogP contribution >= 0.6 is 0 Å². The quantitative estimate of drug-likeness (QED) is 0.407. The normalized spacial score (nSPS) is 13.1. The Hall–Kier alpha value is -2.63. The molecule has 1 unspecified atom stereocenters. The Labute approximate surface area is 167 Å². The van der Waals surface area contributed by atoms with E-state index >= 15 is 0 Å². The van der Waals surface area contributed by atoms with Crippen LogP contribution in [0.3, 0.4) is 0 Å². The highest BCUT2D eigenvalue weighted by Gasteiger charge is 2.35. The minimum absolute atomic E-state index is 0.142. The van der Waals surface area contributed by atoms with Gasteiger partial charge in [0.1, 0.15) is 11.6 Å². The number of nitrogens with zero attached hydrogens (tertiary/aromatic N) is 1. The van der Waals surface area contributed by atoms with Crippen molar-refractivity contribution in [3.63, 3.8) is 0 Å². The van der Waals surface area contributed by atoms with Crippen molar-refractivity contribution in [2.45, 2.75) is 33.4 Å². The summed E-state index contributed by atoms with van der Waals surface area (Å²) in [6, 6.07) is 9.61. The fraction of sp³-hybridized carbons (Fsp3) is 0.348.